The van der Waals surface area contributed by atoms with Crippen molar-refractivity contribution in [1.82, 2.24) is 19.3 Å². The molecule has 1 saturated heterocycles. The fourth-order valence-electron chi connectivity index (χ4n) is 3.34. The van der Waals surface area contributed by atoms with Gasteiger partial charge in [0.05, 0.1) is 30.0 Å². The molecule has 0 radical (unpaired) electrons. The summed E-state index contributed by atoms with van der Waals surface area (Å²) in [5.74, 6) is 0.718. The van der Waals surface area contributed by atoms with Gasteiger partial charge in [-0.1, -0.05) is 12.1 Å². The SMILES string of the molecule is Cc1cccc2c(=O)n(CC(=O)Nc3ccnn3C[C@@H]3CCOC3)cnc12. The van der Waals surface area contributed by atoms with Crippen LogP contribution in [0.5, 0.6) is 0 Å². The molecule has 0 bridgehead atoms. The van der Waals surface area contributed by atoms with Crippen molar-refractivity contribution >= 4 is 22.6 Å². The lowest BCUT2D eigenvalue weighted by Crippen LogP contribution is -2.29. The van der Waals surface area contributed by atoms with Crippen molar-refractivity contribution in [3.8, 4) is 0 Å². The number of anilines is 1. The Morgan fingerprint density at radius 2 is 2.26 bits per heavy atom. The average Bonchev–Trinajstić information content (AvgIpc) is 3.31. The van der Waals surface area contributed by atoms with Crippen LogP contribution in [0.15, 0.2) is 41.6 Å². The van der Waals surface area contributed by atoms with Gasteiger partial charge in [0.1, 0.15) is 12.4 Å². The molecule has 1 aromatic carbocycles. The minimum Gasteiger partial charge on any atom is -0.381 e. The second-order valence-electron chi connectivity index (χ2n) is 6.83. The molecule has 27 heavy (non-hydrogen) atoms. The number of benzene rings is 1. The predicted molar refractivity (Wildman–Crippen MR) is 101 cm³/mol. The van der Waals surface area contributed by atoms with Crippen molar-refractivity contribution in [2.45, 2.75) is 26.4 Å². The Balaban J connectivity index is 1.49. The van der Waals surface area contributed by atoms with Crippen LogP contribution < -0.4 is 10.9 Å². The fourth-order valence-corrected chi connectivity index (χ4v) is 3.34. The quantitative estimate of drug-likeness (QED) is 0.739. The molecule has 3 heterocycles. The third-order valence-electron chi connectivity index (χ3n) is 4.81. The number of aromatic nitrogens is 4. The van der Waals surface area contributed by atoms with Crippen LogP contribution in [-0.2, 0) is 22.6 Å². The molecule has 1 aliphatic rings. The number of hydrogen-bond donors (Lipinski definition) is 1. The van der Waals surface area contributed by atoms with E-state index in [4.69, 9.17) is 4.74 Å². The van der Waals surface area contributed by atoms with Gasteiger partial charge in [-0.25, -0.2) is 9.67 Å². The van der Waals surface area contributed by atoms with Gasteiger partial charge in [-0.15, -0.1) is 0 Å². The van der Waals surface area contributed by atoms with Crippen molar-refractivity contribution in [2.24, 2.45) is 5.92 Å². The van der Waals surface area contributed by atoms with E-state index >= 15 is 0 Å². The molecule has 8 nitrogen and oxygen atoms in total. The lowest BCUT2D eigenvalue weighted by molar-refractivity contribution is -0.116. The molecule has 1 aliphatic heterocycles. The Morgan fingerprint density at radius 1 is 1.37 bits per heavy atom. The van der Waals surface area contributed by atoms with E-state index in [1.807, 2.05) is 19.1 Å². The van der Waals surface area contributed by atoms with E-state index in [2.05, 4.69) is 15.4 Å². The minimum absolute atomic E-state index is 0.104. The number of carbonyl (C=O) groups is 1. The van der Waals surface area contributed by atoms with Crippen LogP contribution in [0.4, 0.5) is 5.82 Å². The molecule has 1 N–H and O–H groups in total. The third-order valence-corrected chi connectivity index (χ3v) is 4.81. The number of rotatable bonds is 5. The maximum absolute atomic E-state index is 12.6. The number of aryl methyl sites for hydroxylation is 1. The number of para-hydroxylation sites is 1. The lowest BCUT2D eigenvalue weighted by atomic mass is 10.1. The zero-order valence-electron chi connectivity index (χ0n) is 15.1. The summed E-state index contributed by atoms with van der Waals surface area (Å²) in [5, 5.41) is 7.62. The van der Waals surface area contributed by atoms with Crippen LogP contribution in [-0.4, -0.2) is 38.5 Å². The summed E-state index contributed by atoms with van der Waals surface area (Å²) < 4.78 is 8.48. The molecule has 2 aromatic heterocycles. The number of ether oxygens (including phenoxy) is 1. The van der Waals surface area contributed by atoms with E-state index < -0.39 is 0 Å². The molecule has 140 valence electrons. The summed E-state index contributed by atoms with van der Waals surface area (Å²) in [4.78, 5) is 29.4. The Labute approximate surface area is 155 Å². The number of hydrogen-bond acceptors (Lipinski definition) is 5. The Hall–Kier alpha value is -3.00. The van der Waals surface area contributed by atoms with E-state index in [9.17, 15) is 9.59 Å². The van der Waals surface area contributed by atoms with Crippen LogP contribution in [0.1, 0.15) is 12.0 Å². The van der Waals surface area contributed by atoms with Gasteiger partial charge >= 0.3 is 0 Å². The van der Waals surface area contributed by atoms with Gasteiger partial charge in [-0.3, -0.25) is 14.2 Å². The van der Waals surface area contributed by atoms with Crippen molar-refractivity contribution in [3.63, 3.8) is 0 Å². The summed E-state index contributed by atoms with van der Waals surface area (Å²) in [5.41, 5.74) is 1.37. The van der Waals surface area contributed by atoms with Crippen molar-refractivity contribution in [1.29, 1.82) is 0 Å². The molecule has 4 rings (SSSR count). The molecular formula is C19H21N5O3. The van der Waals surface area contributed by atoms with Gasteiger partial charge < -0.3 is 10.1 Å². The van der Waals surface area contributed by atoms with Crippen LogP contribution >= 0.6 is 0 Å². The molecule has 3 aromatic rings. The number of nitrogens with zero attached hydrogens (tertiary/aromatic N) is 4. The molecule has 0 unspecified atom stereocenters. The molecule has 0 aliphatic carbocycles. The lowest BCUT2D eigenvalue weighted by Gasteiger charge is -2.13. The number of nitrogens with one attached hydrogen (secondary N) is 1. The first-order valence-corrected chi connectivity index (χ1v) is 8.96. The Bertz CT molecular complexity index is 1030. The number of amides is 1. The average molecular weight is 367 g/mol. The normalized spacial score (nSPS) is 16.7. The number of carbonyl (C=O) groups excluding carboxylic acids is 1. The second-order valence-corrected chi connectivity index (χ2v) is 6.83. The first-order valence-electron chi connectivity index (χ1n) is 8.96. The Morgan fingerprint density at radius 3 is 3.07 bits per heavy atom. The molecule has 8 heteroatoms. The van der Waals surface area contributed by atoms with Crippen LogP contribution in [0, 0.1) is 12.8 Å². The van der Waals surface area contributed by atoms with Gasteiger partial charge in [0.15, 0.2) is 0 Å². The van der Waals surface area contributed by atoms with Crippen molar-refractivity contribution in [3.05, 3.63) is 52.7 Å². The largest absolute Gasteiger partial charge is 0.381 e. The first kappa shape index (κ1) is 17.4. The van der Waals surface area contributed by atoms with Crippen molar-refractivity contribution in [2.75, 3.05) is 18.5 Å². The van der Waals surface area contributed by atoms with Gasteiger partial charge in [0.2, 0.25) is 5.91 Å². The number of fused-ring (bicyclic) bond motifs is 1. The smallest absolute Gasteiger partial charge is 0.261 e. The fraction of sp³-hybridized carbons (Fsp3) is 0.368. The zero-order chi connectivity index (χ0) is 18.8. The molecule has 1 amide bonds. The van der Waals surface area contributed by atoms with Crippen LogP contribution in [0.25, 0.3) is 10.9 Å². The summed E-state index contributed by atoms with van der Waals surface area (Å²) in [6.07, 6.45) is 4.06. The van der Waals surface area contributed by atoms with E-state index in [1.54, 1.807) is 23.0 Å². The first-order chi connectivity index (χ1) is 13.1. The standard InChI is InChI=1S/C19H21N5O3/c1-13-3-2-4-15-18(13)20-12-23(19(15)26)10-17(25)22-16-5-7-21-24(16)9-14-6-8-27-11-14/h2-5,7,12,14H,6,8-11H2,1H3,(H,22,25)/t14-/m0/s1. The highest BCUT2D eigenvalue weighted by Crippen LogP contribution is 2.17. The summed E-state index contributed by atoms with van der Waals surface area (Å²) >= 11 is 0. The molecule has 1 fully saturated rings. The predicted octanol–water partition coefficient (Wildman–Crippen LogP) is 1.58. The highest BCUT2D eigenvalue weighted by Gasteiger charge is 2.18. The maximum Gasteiger partial charge on any atom is 0.261 e. The van der Waals surface area contributed by atoms with Gasteiger partial charge in [-0.2, -0.15) is 5.10 Å². The summed E-state index contributed by atoms with van der Waals surface area (Å²) in [6, 6.07) is 7.20. The molecule has 0 spiro atoms. The van der Waals surface area contributed by atoms with Crippen molar-refractivity contribution < 1.29 is 9.53 Å². The second kappa shape index (κ2) is 7.32. The van der Waals surface area contributed by atoms with Gasteiger partial charge in [0.25, 0.3) is 5.56 Å². The summed E-state index contributed by atoms with van der Waals surface area (Å²) in [6.45, 7) is 3.98. The van der Waals surface area contributed by atoms with E-state index in [0.29, 0.717) is 35.8 Å². The van der Waals surface area contributed by atoms with E-state index in [-0.39, 0.29) is 18.0 Å². The molecular weight excluding hydrogens is 346 g/mol. The minimum atomic E-state index is -0.296. The maximum atomic E-state index is 12.6. The Kier molecular flexibility index (Phi) is 4.72. The van der Waals surface area contributed by atoms with Gasteiger partial charge in [-0.05, 0) is 25.0 Å². The zero-order valence-corrected chi connectivity index (χ0v) is 15.1. The molecule has 0 saturated carbocycles. The summed E-state index contributed by atoms with van der Waals surface area (Å²) in [7, 11) is 0. The van der Waals surface area contributed by atoms with Crippen LogP contribution in [0.2, 0.25) is 0 Å². The van der Waals surface area contributed by atoms with E-state index in [1.165, 1.54) is 10.9 Å². The van der Waals surface area contributed by atoms with Crippen LogP contribution in [0.3, 0.4) is 0 Å². The van der Waals surface area contributed by atoms with E-state index in [0.717, 1.165) is 18.6 Å². The van der Waals surface area contributed by atoms with Gasteiger partial charge in [0, 0.05) is 25.1 Å². The highest BCUT2D eigenvalue weighted by atomic mass is 16.5. The molecule has 1 atom stereocenters. The topological polar surface area (TPSA) is 91.0 Å². The third kappa shape index (κ3) is 3.61. The monoisotopic (exact) mass is 367 g/mol. The highest BCUT2D eigenvalue weighted by molar-refractivity contribution is 5.90.